The fourth-order valence-corrected chi connectivity index (χ4v) is 2.00. The van der Waals surface area contributed by atoms with Crippen LogP contribution in [0.15, 0.2) is 52.8 Å². The van der Waals surface area contributed by atoms with Crippen LogP contribution in [-0.4, -0.2) is 30.1 Å². The molecule has 0 saturated heterocycles. The molecule has 0 radical (unpaired) electrons. The van der Waals surface area contributed by atoms with Crippen molar-refractivity contribution in [2.24, 2.45) is 0 Å². The first kappa shape index (κ1) is 16.8. The van der Waals surface area contributed by atoms with E-state index in [1.165, 1.54) is 12.3 Å². The van der Waals surface area contributed by atoms with Crippen LogP contribution in [0.4, 0.5) is 0 Å². The van der Waals surface area contributed by atoms with Crippen molar-refractivity contribution in [1.82, 2.24) is 10.6 Å². The first-order chi connectivity index (χ1) is 11.1. The Balaban J connectivity index is 2.22. The van der Waals surface area contributed by atoms with E-state index in [1.807, 2.05) is 0 Å². The Bertz CT molecular complexity index is 711. The van der Waals surface area contributed by atoms with Crippen LogP contribution in [0.2, 0.25) is 5.02 Å². The summed E-state index contributed by atoms with van der Waals surface area (Å²) in [6, 6.07) is 9.80. The van der Waals surface area contributed by atoms with Gasteiger partial charge in [-0.2, -0.15) is 0 Å². The van der Waals surface area contributed by atoms with Crippen molar-refractivity contribution in [3.63, 3.8) is 0 Å². The van der Waals surface area contributed by atoms with E-state index < -0.39 is 11.8 Å². The highest BCUT2D eigenvalue weighted by Crippen LogP contribution is 2.15. The quantitative estimate of drug-likeness (QED) is 0.703. The third-order valence-electron chi connectivity index (χ3n) is 2.84. The van der Waals surface area contributed by atoms with Crippen molar-refractivity contribution in [1.29, 1.82) is 0 Å². The highest BCUT2D eigenvalue weighted by Gasteiger charge is 2.16. The van der Waals surface area contributed by atoms with Crippen LogP contribution in [0.3, 0.4) is 0 Å². The Labute approximate surface area is 137 Å². The van der Waals surface area contributed by atoms with Gasteiger partial charge in [-0.25, -0.2) is 0 Å². The number of benzene rings is 1. The molecule has 0 aliphatic heterocycles. The minimum atomic E-state index is -0.546. The third kappa shape index (κ3) is 4.70. The maximum absolute atomic E-state index is 12.3. The topological polar surface area (TPSA) is 91.6 Å². The zero-order valence-corrected chi connectivity index (χ0v) is 12.8. The van der Waals surface area contributed by atoms with E-state index in [-0.39, 0.29) is 29.4 Å². The van der Waals surface area contributed by atoms with Gasteiger partial charge in [0.25, 0.3) is 11.8 Å². The van der Waals surface area contributed by atoms with Gasteiger partial charge in [-0.15, -0.1) is 0 Å². The Kier molecular flexibility index (Phi) is 5.96. The largest absolute Gasteiger partial charge is 0.465 e. The Hall–Kier alpha value is -2.57. The molecule has 2 aromatic rings. The normalized spacial score (nSPS) is 11.1. The summed E-state index contributed by atoms with van der Waals surface area (Å²) in [5.74, 6) is -0.665. The second-order valence-corrected chi connectivity index (χ2v) is 4.89. The van der Waals surface area contributed by atoms with Gasteiger partial charge in [-0.1, -0.05) is 23.7 Å². The predicted molar refractivity (Wildman–Crippen MR) is 85.7 cm³/mol. The molecule has 0 unspecified atom stereocenters. The second-order valence-electron chi connectivity index (χ2n) is 4.49. The van der Waals surface area contributed by atoms with Gasteiger partial charge in [0, 0.05) is 12.6 Å². The highest BCUT2D eigenvalue weighted by atomic mass is 35.5. The van der Waals surface area contributed by atoms with E-state index in [9.17, 15) is 9.59 Å². The van der Waals surface area contributed by atoms with Crippen molar-refractivity contribution < 1.29 is 19.1 Å². The average Bonchev–Trinajstić information content (AvgIpc) is 3.05. The minimum Gasteiger partial charge on any atom is -0.465 e. The number of hydrogen-bond acceptors (Lipinski definition) is 4. The number of furan rings is 1. The summed E-state index contributed by atoms with van der Waals surface area (Å²) in [4.78, 5) is 24.4. The van der Waals surface area contributed by atoms with Crippen molar-refractivity contribution in [2.45, 2.75) is 0 Å². The molecule has 3 N–H and O–H groups in total. The number of carbonyl (C=O) groups is 2. The maximum atomic E-state index is 12.3. The van der Waals surface area contributed by atoms with Crippen LogP contribution in [0.1, 0.15) is 16.1 Å². The van der Waals surface area contributed by atoms with Gasteiger partial charge in [-0.3, -0.25) is 9.59 Å². The Morgan fingerprint density at radius 3 is 2.65 bits per heavy atom. The van der Waals surface area contributed by atoms with Crippen LogP contribution in [0.5, 0.6) is 0 Å². The van der Waals surface area contributed by atoms with E-state index >= 15 is 0 Å². The van der Waals surface area contributed by atoms with Crippen molar-refractivity contribution >= 4 is 29.5 Å². The van der Waals surface area contributed by atoms with Crippen molar-refractivity contribution in [2.75, 3.05) is 13.2 Å². The lowest BCUT2D eigenvalue weighted by molar-refractivity contribution is -0.117. The van der Waals surface area contributed by atoms with E-state index in [0.29, 0.717) is 5.76 Å². The summed E-state index contributed by atoms with van der Waals surface area (Å²) in [7, 11) is 0. The van der Waals surface area contributed by atoms with Gasteiger partial charge in [0.2, 0.25) is 0 Å². The summed E-state index contributed by atoms with van der Waals surface area (Å²) in [6.45, 7) is -0.144. The smallest absolute Gasteiger partial charge is 0.268 e. The SMILES string of the molecule is O=C(NCCO)/C(=C\c1ccco1)NC(=O)c1ccccc1Cl. The molecule has 0 saturated carbocycles. The van der Waals surface area contributed by atoms with Crippen LogP contribution < -0.4 is 10.6 Å². The molecule has 0 bridgehead atoms. The lowest BCUT2D eigenvalue weighted by atomic mass is 10.2. The van der Waals surface area contributed by atoms with Crippen molar-refractivity contribution in [3.8, 4) is 0 Å². The Morgan fingerprint density at radius 1 is 1.22 bits per heavy atom. The van der Waals surface area contributed by atoms with E-state index in [0.717, 1.165) is 0 Å². The molecule has 2 rings (SSSR count). The molecule has 0 atom stereocenters. The molecule has 23 heavy (non-hydrogen) atoms. The highest BCUT2D eigenvalue weighted by molar-refractivity contribution is 6.34. The first-order valence-electron chi connectivity index (χ1n) is 6.82. The molecule has 6 nitrogen and oxygen atoms in total. The molecule has 0 fully saturated rings. The summed E-state index contributed by atoms with van der Waals surface area (Å²) in [5, 5.41) is 14.0. The molecule has 120 valence electrons. The standard InChI is InChI=1S/C16H15ClN2O4/c17-13-6-2-1-5-12(13)15(21)19-14(16(22)18-7-8-20)10-11-4-3-9-23-11/h1-6,9-10,20H,7-8H2,(H,18,22)(H,19,21)/b14-10+. The van der Waals surface area contributed by atoms with Crippen LogP contribution in [0.25, 0.3) is 6.08 Å². The Morgan fingerprint density at radius 2 is 2.00 bits per heavy atom. The fraction of sp³-hybridized carbons (Fsp3) is 0.125. The van der Waals surface area contributed by atoms with Gasteiger partial charge in [0.15, 0.2) is 0 Å². The van der Waals surface area contributed by atoms with Crippen LogP contribution in [-0.2, 0) is 4.79 Å². The molecule has 0 aliphatic carbocycles. The number of nitrogens with one attached hydrogen (secondary N) is 2. The molecule has 1 aromatic heterocycles. The minimum absolute atomic E-state index is 0.0154. The summed E-state index contributed by atoms with van der Waals surface area (Å²) in [6.07, 6.45) is 2.84. The predicted octanol–water partition coefficient (Wildman–Crippen LogP) is 1.81. The van der Waals surface area contributed by atoms with E-state index in [4.69, 9.17) is 21.1 Å². The molecule has 2 amide bonds. The molecular weight excluding hydrogens is 320 g/mol. The molecule has 0 spiro atoms. The molecule has 0 aliphatic rings. The second kappa shape index (κ2) is 8.17. The fourth-order valence-electron chi connectivity index (χ4n) is 1.77. The summed E-state index contributed by atoms with van der Waals surface area (Å²) >= 11 is 5.98. The first-order valence-corrected chi connectivity index (χ1v) is 7.19. The maximum Gasteiger partial charge on any atom is 0.268 e. The summed E-state index contributed by atoms with van der Waals surface area (Å²) < 4.78 is 5.15. The monoisotopic (exact) mass is 334 g/mol. The van der Waals surface area contributed by atoms with Crippen molar-refractivity contribution in [3.05, 3.63) is 64.7 Å². The van der Waals surface area contributed by atoms with Crippen LogP contribution >= 0.6 is 11.6 Å². The number of aliphatic hydroxyl groups excluding tert-OH is 1. The molecule has 1 heterocycles. The lowest BCUT2D eigenvalue weighted by Gasteiger charge is -2.10. The van der Waals surface area contributed by atoms with Gasteiger partial charge < -0.3 is 20.2 Å². The zero-order chi connectivity index (χ0) is 16.7. The number of hydrogen-bond donors (Lipinski definition) is 3. The van der Waals surface area contributed by atoms with E-state index in [1.54, 1.807) is 36.4 Å². The van der Waals surface area contributed by atoms with Gasteiger partial charge in [-0.05, 0) is 24.3 Å². The summed E-state index contributed by atoms with van der Waals surface area (Å²) in [5.41, 5.74) is 0.229. The van der Waals surface area contributed by atoms with Gasteiger partial charge in [0.05, 0.1) is 23.5 Å². The zero-order valence-electron chi connectivity index (χ0n) is 12.1. The molecule has 7 heteroatoms. The van der Waals surface area contributed by atoms with Gasteiger partial charge in [0.1, 0.15) is 11.5 Å². The third-order valence-corrected chi connectivity index (χ3v) is 3.17. The van der Waals surface area contributed by atoms with Gasteiger partial charge >= 0.3 is 0 Å². The number of aliphatic hydroxyl groups is 1. The number of amides is 2. The molecule has 1 aromatic carbocycles. The average molecular weight is 335 g/mol. The number of rotatable bonds is 6. The van der Waals surface area contributed by atoms with Crippen LogP contribution in [0, 0.1) is 0 Å². The lowest BCUT2D eigenvalue weighted by Crippen LogP contribution is -2.36. The molecular formula is C16H15ClN2O4. The number of halogens is 1. The van der Waals surface area contributed by atoms with E-state index in [2.05, 4.69) is 10.6 Å². The number of carbonyl (C=O) groups excluding carboxylic acids is 2.